The third kappa shape index (κ3) is 6.32. The van der Waals surface area contributed by atoms with E-state index in [0.717, 1.165) is 5.56 Å². The standard InChI is InChI=1S/C15H24FNO3/c1-15(2,3)17-8-11-5-6-14(13(16)7-11)20-10-12(18)9-19-4/h5-7,12,17-18H,8-10H2,1-4H3. The highest BCUT2D eigenvalue weighted by atomic mass is 19.1. The van der Waals surface area contributed by atoms with Gasteiger partial charge in [0.15, 0.2) is 11.6 Å². The van der Waals surface area contributed by atoms with Gasteiger partial charge < -0.3 is 19.9 Å². The zero-order valence-corrected chi connectivity index (χ0v) is 12.6. The third-order valence-corrected chi connectivity index (χ3v) is 2.61. The molecule has 0 aliphatic carbocycles. The van der Waals surface area contributed by atoms with Crippen LogP contribution in [-0.4, -0.2) is 37.1 Å². The molecule has 0 heterocycles. The molecule has 0 spiro atoms. The predicted molar refractivity (Wildman–Crippen MR) is 76.4 cm³/mol. The number of ether oxygens (including phenoxy) is 2. The molecule has 1 atom stereocenters. The first-order valence-electron chi connectivity index (χ1n) is 6.65. The van der Waals surface area contributed by atoms with Gasteiger partial charge in [-0.2, -0.15) is 0 Å². The van der Waals surface area contributed by atoms with Crippen LogP contribution in [0.1, 0.15) is 26.3 Å². The summed E-state index contributed by atoms with van der Waals surface area (Å²) < 4.78 is 23.8. The van der Waals surface area contributed by atoms with Crippen molar-refractivity contribution >= 4 is 0 Å². The number of nitrogens with one attached hydrogen (secondary N) is 1. The summed E-state index contributed by atoms with van der Waals surface area (Å²) in [6.07, 6.45) is -0.762. The van der Waals surface area contributed by atoms with Crippen molar-refractivity contribution in [2.24, 2.45) is 0 Å². The maximum atomic E-state index is 13.8. The summed E-state index contributed by atoms with van der Waals surface area (Å²) in [6, 6.07) is 4.82. The molecule has 1 unspecified atom stereocenters. The Morgan fingerprint density at radius 1 is 1.30 bits per heavy atom. The van der Waals surface area contributed by atoms with Crippen LogP contribution in [-0.2, 0) is 11.3 Å². The van der Waals surface area contributed by atoms with Gasteiger partial charge >= 0.3 is 0 Å². The van der Waals surface area contributed by atoms with Gasteiger partial charge in [0.2, 0.25) is 0 Å². The minimum atomic E-state index is -0.762. The third-order valence-electron chi connectivity index (χ3n) is 2.61. The Morgan fingerprint density at radius 3 is 2.55 bits per heavy atom. The molecule has 20 heavy (non-hydrogen) atoms. The Balaban J connectivity index is 2.55. The predicted octanol–water partition coefficient (Wildman–Crippen LogP) is 2.10. The minimum absolute atomic E-state index is 0.00431. The SMILES string of the molecule is COCC(O)COc1ccc(CNC(C)(C)C)cc1F. The number of rotatable bonds is 7. The van der Waals surface area contributed by atoms with Crippen molar-refractivity contribution in [3.8, 4) is 5.75 Å². The number of aliphatic hydroxyl groups is 1. The van der Waals surface area contributed by atoms with E-state index in [4.69, 9.17) is 9.47 Å². The number of hydrogen-bond acceptors (Lipinski definition) is 4. The van der Waals surface area contributed by atoms with Crippen LogP contribution >= 0.6 is 0 Å². The number of halogens is 1. The lowest BCUT2D eigenvalue weighted by Gasteiger charge is -2.20. The molecule has 0 aromatic heterocycles. The lowest BCUT2D eigenvalue weighted by atomic mass is 10.1. The summed E-state index contributed by atoms with van der Waals surface area (Å²) in [5.41, 5.74) is 0.831. The number of benzene rings is 1. The summed E-state index contributed by atoms with van der Waals surface area (Å²) in [7, 11) is 1.49. The molecule has 1 rings (SSSR count). The Labute approximate surface area is 119 Å². The minimum Gasteiger partial charge on any atom is -0.488 e. The molecule has 0 radical (unpaired) electrons. The fourth-order valence-electron chi connectivity index (χ4n) is 1.57. The van der Waals surface area contributed by atoms with Gasteiger partial charge in [-0.3, -0.25) is 0 Å². The molecule has 0 saturated carbocycles. The van der Waals surface area contributed by atoms with Gasteiger partial charge in [0.25, 0.3) is 0 Å². The second kappa shape index (κ2) is 7.57. The first kappa shape index (κ1) is 16.9. The zero-order chi connectivity index (χ0) is 15.2. The molecule has 2 N–H and O–H groups in total. The van der Waals surface area contributed by atoms with Gasteiger partial charge in [-0.05, 0) is 38.5 Å². The van der Waals surface area contributed by atoms with E-state index in [1.807, 2.05) is 0 Å². The van der Waals surface area contributed by atoms with E-state index in [1.165, 1.54) is 13.2 Å². The van der Waals surface area contributed by atoms with E-state index >= 15 is 0 Å². The van der Waals surface area contributed by atoms with Crippen LogP contribution in [0.3, 0.4) is 0 Å². The normalized spacial score (nSPS) is 13.3. The molecule has 0 amide bonds. The molecule has 0 bridgehead atoms. The molecule has 0 aliphatic rings. The van der Waals surface area contributed by atoms with Crippen LogP contribution < -0.4 is 10.1 Å². The number of aliphatic hydroxyl groups excluding tert-OH is 1. The largest absolute Gasteiger partial charge is 0.488 e. The first-order chi connectivity index (χ1) is 9.31. The van der Waals surface area contributed by atoms with Crippen LogP contribution in [0.4, 0.5) is 4.39 Å². The molecule has 4 nitrogen and oxygen atoms in total. The van der Waals surface area contributed by atoms with Crippen molar-refractivity contribution in [2.75, 3.05) is 20.3 Å². The second-order valence-corrected chi connectivity index (χ2v) is 5.79. The zero-order valence-electron chi connectivity index (χ0n) is 12.6. The lowest BCUT2D eigenvalue weighted by molar-refractivity contribution is 0.0316. The van der Waals surface area contributed by atoms with Crippen LogP contribution in [0.2, 0.25) is 0 Å². The summed E-state index contributed by atoms with van der Waals surface area (Å²) >= 11 is 0. The summed E-state index contributed by atoms with van der Waals surface area (Å²) in [4.78, 5) is 0. The monoisotopic (exact) mass is 285 g/mol. The van der Waals surface area contributed by atoms with E-state index in [0.29, 0.717) is 6.54 Å². The molecule has 0 saturated heterocycles. The smallest absolute Gasteiger partial charge is 0.165 e. The molecule has 1 aromatic carbocycles. The van der Waals surface area contributed by atoms with Crippen LogP contribution in [0.5, 0.6) is 5.75 Å². The average molecular weight is 285 g/mol. The Kier molecular flexibility index (Phi) is 6.39. The molecule has 1 aromatic rings. The van der Waals surface area contributed by atoms with Gasteiger partial charge in [-0.1, -0.05) is 6.07 Å². The number of methoxy groups -OCH3 is 1. The van der Waals surface area contributed by atoms with Gasteiger partial charge in [0.1, 0.15) is 12.7 Å². The molecule has 114 valence electrons. The molecular weight excluding hydrogens is 261 g/mol. The Hall–Kier alpha value is -1.17. The number of hydrogen-bond donors (Lipinski definition) is 2. The summed E-state index contributed by atoms with van der Waals surface area (Å²) in [6.45, 7) is 6.92. The highest BCUT2D eigenvalue weighted by Gasteiger charge is 2.11. The van der Waals surface area contributed by atoms with Gasteiger partial charge in [0.05, 0.1) is 6.61 Å². The van der Waals surface area contributed by atoms with Crippen LogP contribution in [0, 0.1) is 5.82 Å². The van der Waals surface area contributed by atoms with Crippen molar-refractivity contribution in [1.82, 2.24) is 5.32 Å². The molecule has 5 heteroatoms. The lowest BCUT2D eigenvalue weighted by Crippen LogP contribution is -2.35. The maximum Gasteiger partial charge on any atom is 0.165 e. The highest BCUT2D eigenvalue weighted by Crippen LogP contribution is 2.19. The van der Waals surface area contributed by atoms with E-state index < -0.39 is 11.9 Å². The topological polar surface area (TPSA) is 50.7 Å². The fourth-order valence-corrected chi connectivity index (χ4v) is 1.57. The van der Waals surface area contributed by atoms with Gasteiger partial charge in [-0.15, -0.1) is 0 Å². The van der Waals surface area contributed by atoms with Gasteiger partial charge in [0, 0.05) is 19.2 Å². The second-order valence-electron chi connectivity index (χ2n) is 5.79. The molecule has 0 fully saturated rings. The van der Waals surface area contributed by atoms with Gasteiger partial charge in [-0.25, -0.2) is 4.39 Å². The van der Waals surface area contributed by atoms with E-state index in [9.17, 15) is 9.50 Å². The van der Waals surface area contributed by atoms with Crippen molar-refractivity contribution in [1.29, 1.82) is 0 Å². The van der Waals surface area contributed by atoms with Crippen LogP contribution in [0.25, 0.3) is 0 Å². The van der Waals surface area contributed by atoms with Crippen molar-refractivity contribution in [3.05, 3.63) is 29.6 Å². The van der Waals surface area contributed by atoms with Crippen molar-refractivity contribution < 1.29 is 19.0 Å². The Morgan fingerprint density at radius 2 is 2.00 bits per heavy atom. The average Bonchev–Trinajstić information content (AvgIpc) is 2.34. The highest BCUT2D eigenvalue weighted by molar-refractivity contribution is 5.29. The Bertz CT molecular complexity index is 418. The van der Waals surface area contributed by atoms with E-state index in [1.54, 1.807) is 12.1 Å². The molecule has 0 aliphatic heterocycles. The fraction of sp³-hybridized carbons (Fsp3) is 0.600. The first-order valence-corrected chi connectivity index (χ1v) is 6.65. The maximum absolute atomic E-state index is 13.8. The van der Waals surface area contributed by atoms with Crippen molar-refractivity contribution in [2.45, 2.75) is 39.0 Å². The summed E-state index contributed by atoms with van der Waals surface area (Å²) in [5, 5.41) is 12.7. The van der Waals surface area contributed by atoms with E-state index in [2.05, 4.69) is 26.1 Å². The van der Waals surface area contributed by atoms with Crippen molar-refractivity contribution in [3.63, 3.8) is 0 Å². The van der Waals surface area contributed by atoms with E-state index in [-0.39, 0.29) is 24.5 Å². The molecular formula is C15H24FNO3. The van der Waals surface area contributed by atoms with Crippen LogP contribution in [0.15, 0.2) is 18.2 Å². The quantitative estimate of drug-likeness (QED) is 0.805. The summed E-state index contributed by atoms with van der Waals surface area (Å²) in [5.74, 6) is -0.289.